The molecule has 0 amide bonds. The SMILES string of the molecule is CC(C)(C)c1ccc(N2c3cc4c(cc3B3c5c2cc2ccccc2c5-c2cccc5c6oc7ccccc7c6n3c25)Sc2ccccc2O4)c(-c2ccccc2)c1. The third-order valence-corrected chi connectivity index (χ3v) is 13.6. The topological polar surface area (TPSA) is 30.5 Å². The van der Waals surface area contributed by atoms with Crippen molar-refractivity contribution >= 4 is 90.3 Å². The van der Waals surface area contributed by atoms with Gasteiger partial charge in [-0.25, -0.2) is 0 Å². The first-order valence-corrected chi connectivity index (χ1v) is 20.9. The Balaban J connectivity index is 1.21. The van der Waals surface area contributed by atoms with Crippen LogP contribution in [0.15, 0.2) is 172 Å². The molecule has 0 fully saturated rings. The van der Waals surface area contributed by atoms with E-state index in [2.05, 4.69) is 188 Å². The number of rotatable bonds is 2. The van der Waals surface area contributed by atoms with E-state index in [1.807, 2.05) is 0 Å². The summed E-state index contributed by atoms with van der Waals surface area (Å²) in [5.74, 6) is 1.76. The minimum atomic E-state index is -0.145. The number of fused-ring (bicyclic) bond motifs is 13. The number of hydrogen-bond acceptors (Lipinski definition) is 4. The maximum absolute atomic E-state index is 6.82. The van der Waals surface area contributed by atoms with Gasteiger partial charge in [-0.05, 0) is 98.4 Å². The highest BCUT2D eigenvalue weighted by molar-refractivity contribution is 7.99. The number of furan rings is 1. The van der Waals surface area contributed by atoms with Gasteiger partial charge < -0.3 is 18.5 Å². The van der Waals surface area contributed by atoms with Crippen LogP contribution in [-0.2, 0) is 5.41 Å². The molecule has 0 bridgehead atoms. The van der Waals surface area contributed by atoms with E-state index in [1.54, 1.807) is 11.8 Å². The summed E-state index contributed by atoms with van der Waals surface area (Å²) in [5, 5.41) is 4.73. The molecule has 274 valence electrons. The summed E-state index contributed by atoms with van der Waals surface area (Å²) in [7, 11) is 0. The van der Waals surface area contributed by atoms with Crippen LogP contribution in [0.25, 0.3) is 66.0 Å². The first-order valence-electron chi connectivity index (χ1n) is 20.0. The largest absolute Gasteiger partial charge is 0.455 e. The average Bonchev–Trinajstić information content (AvgIpc) is 3.79. The molecule has 0 spiro atoms. The molecule has 4 nitrogen and oxygen atoms in total. The molecule has 13 rings (SSSR count). The van der Waals surface area contributed by atoms with Crippen LogP contribution in [-0.4, -0.2) is 11.3 Å². The standard InChI is InChI=1S/C52H35BN2O2S/c1-52(2,3)32-24-25-39(37(27-32)30-14-5-4-6-15-30)54-40-29-44-46(58-45-23-12-11-22-43(45)56-44)28-38(40)53-48-41(54)26-31-16-7-8-17-33(31)47(48)35-19-13-20-36-49(35)55(53)50-34-18-9-10-21-42(34)57-51(36)50/h4-29H,1-3H3. The molecule has 6 heteroatoms. The zero-order valence-electron chi connectivity index (χ0n) is 32.2. The van der Waals surface area contributed by atoms with Gasteiger partial charge in [-0.15, -0.1) is 0 Å². The van der Waals surface area contributed by atoms with Crippen LogP contribution in [0, 0.1) is 0 Å². The Hall–Kier alpha value is -6.63. The summed E-state index contributed by atoms with van der Waals surface area (Å²) in [6.45, 7) is 6.75. The molecule has 0 saturated heterocycles. The second-order valence-corrected chi connectivity index (χ2v) is 17.9. The third-order valence-electron chi connectivity index (χ3n) is 12.5. The van der Waals surface area contributed by atoms with E-state index in [0.717, 1.165) is 60.1 Å². The summed E-state index contributed by atoms with van der Waals surface area (Å²) < 4.78 is 16.2. The number of anilines is 3. The van der Waals surface area contributed by atoms with Crippen LogP contribution < -0.4 is 20.6 Å². The van der Waals surface area contributed by atoms with Crippen molar-refractivity contribution < 1.29 is 9.15 Å². The highest BCUT2D eigenvalue weighted by Gasteiger charge is 2.45. The number of ether oxygens (including phenoxy) is 1. The first-order chi connectivity index (χ1) is 28.4. The van der Waals surface area contributed by atoms with E-state index in [9.17, 15) is 0 Å². The van der Waals surface area contributed by atoms with Gasteiger partial charge >= 0.3 is 6.85 Å². The predicted molar refractivity (Wildman–Crippen MR) is 242 cm³/mol. The summed E-state index contributed by atoms with van der Waals surface area (Å²) in [5.41, 5.74) is 16.3. The van der Waals surface area contributed by atoms with Crippen molar-refractivity contribution in [3.8, 4) is 33.8 Å². The Morgan fingerprint density at radius 1 is 0.569 bits per heavy atom. The van der Waals surface area contributed by atoms with Crippen molar-refractivity contribution in [2.45, 2.75) is 36.0 Å². The van der Waals surface area contributed by atoms with Crippen molar-refractivity contribution in [1.82, 2.24) is 4.48 Å². The van der Waals surface area contributed by atoms with Gasteiger partial charge in [-0.3, -0.25) is 0 Å². The first kappa shape index (κ1) is 32.5. The number of para-hydroxylation sites is 3. The van der Waals surface area contributed by atoms with E-state index >= 15 is 0 Å². The minimum absolute atomic E-state index is 0.0329. The van der Waals surface area contributed by atoms with E-state index in [1.165, 1.54) is 60.7 Å². The van der Waals surface area contributed by atoms with Crippen LogP contribution in [0.1, 0.15) is 26.3 Å². The van der Waals surface area contributed by atoms with E-state index < -0.39 is 0 Å². The van der Waals surface area contributed by atoms with Crippen molar-refractivity contribution in [3.63, 3.8) is 0 Å². The lowest BCUT2D eigenvalue weighted by Gasteiger charge is -2.42. The molecule has 0 atom stereocenters. The summed E-state index contributed by atoms with van der Waals surface area (Å²) >= 11 is 1.79. The van der Waals surface area contributed by atoms with Gasteiger partial charge in [0.25, 0.3) is 0 Å². The molecule has 10 aromatic rings. The molecule has 3 aliphatic rings. The zero-order valence-corrected chi connectivity index (χ0v) is 33.0. The van der Waals surface area contributed by atoms with Gasteiger partial charge in [0, 0.05) is 44.9 Å². The number of hydrogen-bond donors (Lipinski definition) is 0. The molecule has 8 aromatic carbocycles. The summed E-state index contributed by atoms with van der Waals surface area (Å²) in [6.07, 6.45) is 0. The third kappa shape index (κ3) is 4.33. The molecule has 58 heavy (non-hydrogen) atoms. The quantitative estimate of drug-likeness (QED) is 0.164. The normalized spacial score (nSPS) is 13.8. The van der Waals surface area contributed by atoms with Crippen molar-refractivity contribution in [2.75, 3.05) is 4.90 Å². The maximum atomic E-state index is 6.82. The molecule has 0 radical (unpaired) electrons. The molecule has 0 saturated carbocycles. The second-order valence-electron chi connectivity index (χ2n) is 16.8. The fraction of sp³-hybridized carbons (Fsp3) is 0.0769. The van der Waals surface area contributed by atoms with Gasteiger partial charge in [0.15, 0.2) is 5.58 Å². The van der Waals surface area contributed by atoms with Gasteiger partial charge in [0.05, 0.1) is 21.0 Å². The van der Waals surface area contributed by atoms with Crippen molar-refractivity contribution in [3.05, 3.63) is 163 Å². The lowest BCUT2D eigenvalue weighted by molar-refractivity contribution is 0.455. The monoisotopic (exact) mass is 762 g/mol. The smallest absolute Gasteiger partial charge is 0.333 e. The fourth-order valence-corrected chi connectivity index (χ4v) is 10.9. The lowest BCUT2D eigenvalue weighted by Crippen LogP contribution is -2.56. The van der Waals surface area contributed by atoms with Gasteiger partial charge in [-0.2, -0.15) is 0 Å². The van der Waals surface area contributed by atoms with Gasteiger partial charge in [-0.1, -0.05) is 130 Å². The Morgan fingerprint density at radius 2 is 1.34 bits per heavy atom. The molecule has 0 aliphatic carbocycles. The average molecular weight is 763 g/mol. The molecular weight excluding hydrogens is 727 g/mol. The van der Waals surface area contributed by atoms with Crippen LogP contribution in [0.2, 0.25) is 0 Å². The maximum Gasteiger partial charge on any atom is 0.333 e. The summed E-state index contributed by atoms with van der Waals surface area (Å²) in [4.78, 5) is 4.78. The summed E-state index contributed by atoms with van der Waals surface area (Å²) in [6, 6.07) is 57.7. The number of nitrogens with zero attached hydrogens (tertiary/aromatic N) is 2. The minimum Gasteiger partial charge on any atom is -0.455 e. The van der Waals surface area contributed by atoms with Crippen LogP contribution in [0.3, 0.4) is 0 Å². The molecule has 5 heterocycles. The van der Waals surface area contributed by atoms with Crippen LogP contribution in [0.4, 0.5) is 17.1 Å². The van der Waals surface area contributed by atoms with E-state index in [-0.39, 0.29) is 12.3 Å². The number of aromatic nitrogens is 1. The van der Waals surface area contributed by atoms with E-state index in [4.69, 9.17) is 9.15 Å². The van der Waals surface area contributed by atoms with E-state index in [0.29, 0.717) is 0 Å². The molecule has 0 unspecified atom stereocenters. The number of benzene rings is 8. The van der Waals surface area contributed by atoms with Crippen LogP contribution in [0.5, 0.6) is 11.5 Å². The van der Waals surface area contributed by atoms with Gasteiger partial charge in [0.2, 0.25) is 0 Å². The Kier molecular flexibility index (Phi) is 6.43. The van der Waals surface area contributed by atoms with Crippen molar-refractivity contribution in [2.24, 2.45) is 0 Å². The molecular formula is C52H35BN2O2S. The highest BCUT2D eigenvalue weighted by atomic mass is 32.2. The Morgan fingerprint density at radius 3 is 2.22 bits per heavy atom. The van der Waals surface area contributed by atoms with Gasteiger partial charge in [0.1, 0.15) is 17.1 Å². The molecule has 0 N–H and O–H groups in total. The predicted octanol–water partition coefficient (Wildman–Crippen LogP) is 13.3. The lowest BCUT2D eigenvalue weighted by atomic mass is 9.44. The Bertz CT molecular complexity index is 3410. The highest BCUT2D eigenvalue weighted by Crippen LogP contribution is 2.54. The fourth-order valence-electron chi connectivity index (χ4n) is 9.96. The Labute approximate surface area is 340 Å². The van der Waals surface area contributed by atoms with Crippen molar-refractivity contribution in [1.29, 1.82) is 0 Å². The molecule has 3 aliphatic heterocycles. The zero-order chi connectivity index (χ0) is 38.4. The second kappa shape index (κ2) is 11.5. The van der Waals surface area contributed by atoms with Crippen LogP contribution >= 0.6 is 11.8 Å². The molecule has 2 aromatic heterocycles.